The first-order valence-corrected chi connectivity index (χ1v) is 9.99. The molecule has 0 radical (unpaired) electrons. The van der Waals surface area contributed by atoms with Crippen LogP contribution in [0.15, 0.2) is 29.3 Å². The third-order valence-corrected chi connectivity index (χ3v) is 6.03. The largest absolute Gasteiger partial charge is 0.377 e. The highest BCUT2D eigenvalue weighted by Crippen LogP contribution is 2.36. The lowest BCUT2D eigenvalue weighted by atomic mass is 10.1. The summed E-state index contributed by atoms with van der Waals surface area (Å²) in [6.45, 7) is 4.36. The molecular weight excluding hydrogens is 330 g/mol. The van der Waals surface area contributed by atoms with Crippen molar-refractivity contribution in [3.63, 3.8) is 0 Å². The van der Waals surface area contributed by atoms with Gasteiger partial charge in [0.15, 0.2) is 0 Å². The number of unbranched alkanes of at least 4 members (excludes halogenated alkanes) is 2. The van der Waals surface area contributed by atoms with E-state index in [9.17, 15) is 4.79 Å². The molecule has 0 amide bonds. The highest BCUT2D eigenvalue weighted by atomic mass is 32.1. The summed E-state index contributed by atoms with van der Waals surface area (Å²) in [7, 11) is 4.06. The van der Waals surface area contributed by atoms with Gasteiger partial charge in [0, 0.05) is 35.9 Å². The van der Waals surface area contributed by atoms with Crippen LogP contribution in [0.5, 0.6) is 0 Å². The SMILES string of the molecule is CCCCCC(CC)n1cnc2c(sc3cccc(N(C)C)c32)c1=O. The lowest BCUT2D eigenvalue weighted by Gasteiger charge is -2.17. The summed E-state index contributed by atoms with van der Waals surface area (Å²) in [5.74, 6) is 0. The van der Waals surface area contributed by atoms with Crippen molar-refractivity contribution >= 4 is 37.3 Å². The summed E-state index contributed by atoms with van der Waals surface area (Å²) in [6.07, 6.45) is 7.36. The molecule has 4 nitrogen and oxygen atoms in total. The van der Waals surface area contributed by atoms with Gasteiger partial charge < -0.3 is 4.90 Å². The van der Waals surface area contributed by atoms with E-state index in [1.165, 1.54) is 12.8 Å². The second-order valence-corrected chi connectivity index (χ2v) is 7.89. The van der Waals surface area contributed by atoms with Crippen LogP contribution in [-0.4, -0.2) is 23.6 Å². The number of hydrogen-bond donors (Lipinski definition) is 0. The van der Waals surface area contributed by atoms with Crippen molar-refractivity contribution < 1.29 is 0 Å². The zero-order chi connectivity index (χ0) is 18.0. The summed E-state index contributed by atoms with van der Waals surface area (Å²) in [5, 5.41) is 1.09. The molecule has 0 N–H and O–H groups in total. The van der Waals surface area contributed by atoms with Gasteiger partial charge in [-0.05, 0) is 25.0 Å². The number of nitrogens with zero attached hydrogens (tertiary/aromatic N) is 3. The Morgan fingerprint density at radius 3 is 2.72 bits per heavy atom. The van der Waals surface area contributed by atoms with Crippen LogP contribution < -0.4 is 10.5 Å². The lowest BCUT2D eigenvalue weighted by molar-refractivity contribution is 0.419. The Hall–Kier alpha value is -1.88. The van der Waals surface area contributed by atoms with Gasteiger partial charge in [0.05, 0.1) is 11.8 Å². The Balaban J connectivity index is 2.13. The molecule has 0 fully saturated rings. The van der Waals surface area contributed by atoms with E-state index in [-0.39, 0.29) is 11.6 Å². The van der Waals surface area contributed by atoms with Crippen LogP contribution >= 0.6 is 11.3 Å². The van der Waals surface area contributed by atoms with Crippen LogP contribution in [0.2, 0.25) is 0 Å². The minimum Gasteiger partial charge on any atom is -0.377 e. The Morgan fingerprint density at radius 1 is 1.24 bits per heavy atom. The van der Waals surface area contributed by atoms with Gasteiger partial charge in [-0.1, -0.05) is 39.2 Å². The smallest absolute Gasteiger partial charge is 0.271 e. The quantitative estimate of drug-likeness (QED) is 0.545. The maximum Gasteiger partial charge on any atom is 0.271 e. The molecule has 0 aliphatic carbocycles. The molecule has 3 aromatic rings. The molecule has 0 saturated heterocycles. The number of thiophene rings is 1. The minimum absolute atomic E-state index is 0.110. The molecule has 2 heterocycles. The normalized spacial score (nSPS) is 12.8. The van der Waals surface area contributed by atoms with Crippen molar-refractivity contribution in [3.05, 3.63) is 34.9 Å². The maximum absolute atomic E-state index is 13.1. The number of hydrogen-bond acceptors (Lipinski definition) is 4. The number of fused-ring (bicyclic) bond motifs is 3. The molecule has 0 aliphatic heterocycles. The van der Waals surface area contributed by atoms with Gasteiger partial charge in [0.1, 0.15) is 4.70 Å². The van der Waals surface area contributed by atoms with E-state index in [1.807, 2.05) is 24.7 Å². The van der Waals surface area contributed by atoms with Crippen molar-refractivity contribution in [2.45, 2.75) is 52.0 Å². The van der Waals surface area contributed by atoms with Gasteiger partial charge in [-0.3, -0.25) is 9.36 Å². The second-order valence-electron chi connectivity index (χ2n) is 6.84. The lowest BCUT2D eigenvalue weighted by Crippen LogP contribution is -2.24. The molecule has 1 aromatic carbocycles. The van der Waals surface area contributed by atoms with Crippen LogP contribution in [0, 0.1) is 0 Å². The fourth-order valence-corrected chi connectivity index (χ4v) is 4.59. The Kier molecular flexibility index (Phi) is 5.42. The van der Waals surface area contributed by atoms with E-state index >= 15 is 0 Å². The first-order valence-electron chi connectivity index (χ1n) is 9.18. The summed E-state index contributed by atoms with van der Waals surface area (Å²) in [4.78, 5) is 19.9. The van der Waals surface area contributed by atoms with Crippen molar-refractivity contribution in [1.29, 1.82) is 0 Å². The van der Waals surface area contributed by atoms with Crippen LogP contribution in [0.3, 0.4) is 0 Å². The predicted octanol–water partition coefficient (Wildman–Crippen LogP) is 5.21. The monoisotopic (exact) mass is 357 g/mol. The molecular formula is C20H27N3OS. The standard InChI is InChI=1S/C20H27N3OS/c1-5-7-8-10-14(6-2)23-13-21-18-17-15(22(3)4)11-9-12-16(17)25-19(18)20(23)24/h9,11-14H,5-8,10H2,1-4H3. The van der Waals surface area contributed by atoms with Crippen LogP contribution in [0.4, 0.5) is 5.69 Å². The third kappa shape index (κ3) is 3.30. The molecule has 2 aromatic heterocycles. The zero-order valence-corrected chi connectivity index (χ0v) is 16.4. The molecule has 1 atom stereocenters. The molecule has 3 rings (SSSR count). The average molecular weight is 358 g/mol. The fourth-order valence-electron chi connectivity index (χ4n) is 3.47. The predicted molar refractivity (Wildman–Crippen MR) is 109 cm³/mol. The van der Waals surface area contributed by atoms with Gasteiger partial charge >= 0.3 is 0 Å². The van der Waals surface area contributed by atoms with Crippen LogP contribution in [0.25, 0.3) is 20.3 Å². The van der Waals surface area contributed by atoms with E-state index in [1.54, 1.807) is 17.7 Å². The van der Waals surface area contributed by atoms with Crippen molar-refractivity contribution in [2.24, 2.45) is 0 Å². The van der Waals surface area contributed by atoms with Crippen molar-refractivity contribution in [2.75, 3.05) is 19.0 Å². The van der Waals surface area contributed by atoms with Gasteiger partial charge in [-0.15, -0.1) is 11.3 Å². The van der Waals surface area contributed by atoms with Crippen LogP contribution in [0.1, 0.15) is 52.0 Å². The number of anilines is 1. The van der Waals surface area contributed by atoms with Gasteiger partial charge in [-0.2, -0.15) is 0 Å². The third-order valence-electron chi connectivity index (χ3n) is 4.90. The average Bonchev–Trinajstić information content (AvgIpc) is 2.99. The van der Waals surface area contributed by atoms with Gasteiger partial charge in [0.2, 0.25) is 0 Å². The summed E-state index contributed by atoms with van der Waals surface area (Å²) in [5.41, 5.74) is 2.07. The molecule has 134 valence electrons. The Labute approximate surface area is 153 Å². The van der Waals surface area contributed by atoms with E-state index in [0.29, 0.717) is 0 Å². The topological polar surface area (TPSA) is 38.1 Å². The summed E-state index contributed by atoms with van der Waals surface area (Å²) < 4.78 is 3.77. The fraction of sp³-hybridized carbons (Fsp3) is 0.500. The molecule has 0 aliphatic rings. The Morgan fingerprint density at radius 2 is 2.04 bits per heavy atom. The minimum atomic E-state index is 0.110. The van der Waals surface area contributed by atoms with Gasteiger partial charge in [-0.25, -0.2) is 4.98 Å². The summed E-state index contributed by atoms with van der Waals surface area (Å²) in [6, 6.07) is 6.46. The maximum atomic E-state index is 13.1. The van der Waals surface area contributed by atoms with Crippen LogP contribution in [-0.2, 0) is 0 Å². The zero-order valence-electron chi connectivity index (χ0n) is 15.6. The molecule has 0 bridgehead atoms. The molecule has 5 heteroatoms. The molecule has 0 saturated carbocycles. The molecule has 1 unspecified atom stereocenters. The first kappa shape index (κ1) is 17.9. The van der Waals surface area contributed by atoms with E-state index in [2.05, 4.69) is 30.9 Å². The number of benzene rings is 1. The van der Waals surface area contributed by atoms with E-state index < -0.39 is 0 Å². The van der Waals surface area contributed by atoms with Crippen molar-refractivity contribution in [1.82, 2.24) is 9.55 Å². The highest BCUT2D eigenvalue weighted by Gasteiger charge is 2.18. The van der Waals surface area contributed by atoms with E-state index in [0.717, 1.165) is 45.3 Å². The highest BCUT2D eigenvalue weighted by molar-refractivity contribution is 7.25. The number of rotatable bonds is 7. The molecule has 0 spiro atoms. The Bertz CT molecular complexity index is 926. The molecule has 25 heavy (non-hydrogen) atoms. The van der Waals surface area contributed by atoms with Crippen molar-refractivity contribution in [3.8, 4) is 0 Å². The first-order chi connectivity index (χ1) is 12.1. The summed E-state index contributed by atoms with van der Waals surface area (Å²) >= 11 is 1.57. The second kappa shape index (κ2) is 7.56. The van der Waals surface area contributed by atoms with Gasteiger partial charge in [0.25, 0.3) is 5.56 Å². The van der Waals surface area contributed by atoms with E-state index in [4.69, 9.17) is 4.98 Å². The number of aromatic nitrogens is 2.